The van der Waals surface area contributed by atoms with Crippen molar-refractivity contribution in [2.24, 2.45) is 20.0 Å². The van der Waals surface area contributed by atoms with Crippen molar-refractivity contribution in [2.75, 3.05) is 6.54 Å². The van der Waals surface area contributed by atoms with E-state index in [1.165, 1.54) is 0 Å². The van der Waals surface area contributed by atoms with Gasteiger partial charge < -0.3 is 20.3 Å². The van der Waals surface area contributed by atoms with Gasteiger partial charge in [-0.1, -0.05) is 13.8 Å². The van der Waals surface area contributed by atoms with Crippen molar-refractivity contribution in [2.45, 2.75) is 32.4 Å². The Morgan fingerprint density at radius 3 is 2.62 bits per heavy atom. The lowest BCUT2D eigenvalue weighted by molar-refractivity contribution is 0.0591. The topological polar surface area (TPSA) is 97.0 Å². The van der Waals surface area contributed by atoms with Crippen LogP contribution in [0.5, 0.6) is 0 Å². The number of carbonyl (C=O) groups excluding carboxylic acids is 1. The smallest absolute Gasteiger partial charge is 0.315 e. The molecule has 8 nitrogen and oxygen atoms in total. The average Bonchev–Trinajstić information content (AvgIpc) is 3.11. The van der Waals surface area contributed by atoms with Crippen LogP contribution < -0.4 is 10.6 Å². The zero-order valence-electron chi connectivity index (χ0n) is 14.8. The highest BCUT2D eigenvalue weighted by Gasteiger charge is 2.27. The monoisotopic (exact) mass is 334 g/mol. The van der Waals surface area contributed by atoms with Gasteiger partial charge in [-0.2, -0.15) is 5.10 Å². The molecule has 2 rings (SSSR count). The summed E-state index contributed by atoms with van der Waals surface area (Å²) >= 11 is 0. The summed E-state index contributed by atoms with van der Waals surface area (Å²) in [6.07, 6.45) is 6.86. The van der Waals surface area contributed by atoms with Gasteiger partial charge in [0.1, 0.15) is 11.4 Å². The van der Waals surface area contributed by atoms with Gasteiger partial charge in [-0.05, 0) is 12.8 Å². The molecule has 0 unspecified atom stereocenters. The van der Waals surface area contributed by atoms with Crippen molar-refractivity contribution in [1.29, 1.82) is 0 Å². The third-order valence-corrected chi connectivity index (χ3v) is 4.01. The van der Waals surface area contributed by atoms with Crippen molar-refractivity contribution in [3.05, 3.63) is 36.2 Å². The molecule has 0 aliphatic carbocycles. The summed E-state index contributed by atoms with van der Waals surface area (Å²) < 4.78 is 3.50. The van der Waals surface area contributed by atoms with Crippen LogP contribution >= 0.6 is 0 Å². The maximum atomic E-state index is 12.3. The molecule has 0 radical (unpaired) electrons. The van der Waals surface area contributed by atoms with E-state index in [4.69, 9.17) is 0 Å². The fraction of sp³-hybridized carbons (Fsp3) is 0.562. The summed E-state index contributed by atoms with van der Waals surface area (Å²) in [5.74, 6) is 0.967. The fourth-order valence-electron chi connectivity index (χ4n) is 2.45. The molecular weight excluding hydrogens is 308 g/mol. The fourth-order valence-corrected chi connectivity index (χ4v) is 2.45. The summed E-state index contributed by atoms with van der Waals surface area (Å²) in [4.78, 5) is 16.6. The third-order valence-electron chi connectivity index (χ3n) is 4.01. The van der Waals surface area contributed by atoms with Gasteiger partial charge in [-0.15, -0.1) is 0 Å². The third kappa shape index (κ3) is 4.14. The van der Waals surface area contributed by atoms with Crippen molar-refractivity contribution in [1.82, 2.24) is 30.0 Å². The number of imidazole rings is 1. The number of rotatable bonds is 6. The highest BCUT2D eigenvalue weighted by atomic mass is 16.3. The number of nitrogens with one attached hydrogen (secondary N) is 2. The predicted octanol–water partition coefficient (Wildman–Crippen LogP) is 1.06. The van der Waals surface area contributed by atoms with E-state index in [0.29, 0.717) is 5.56 Å². The van der Waals surface area contributed by atoms with Gasteiger partial charge in [0.2, 0.25) is 0 Å². The normalized spacial score (nSPS) is 15.1. The van der Waals surface area contributed by atoms with E-state index in [9.17, 15) is 9.90 Å². The van der Waals surface area contributed by atoms with Crippen LogP contribution in [-0.2, 0) is 19.7 Å². The molecule has 0 fully saturated rings. The molecule has 0 saturated carbocycles. The summed E-state index contributed by atoms with van der Waals surface area (Å²) in [6, 6.07) is -0.561. The Labute approximate surface area is 141 Å². The second kappa shape index (κ2) is 7.04. The maximum Gasteiger partial charge on any atom is 0.315 e. The van der Waals surface area contributed by atoms with Crippen molar-refractivity contribution >= 4 is 6.03 Å². The zero-order valence-corrected chi connectivity index (χ0v) is 14.8. The largest absolute Gasteiger partial charge is 0.383 e. The standard InChI is InChI=1S/C16H26N6O2/c1-11(2)13(14-17-6-7-21(14)4)20-15(23)18-10-16(3,24)12-8-19-22(5)9-12/h6-9,11,13,24H,10H2,1-5H3,(H2,18,20,23)/t13-,16+/m1/s1. The number of aliphatic hydroxyl groups is 1. The molecule has 2 aromatic heterocycles. The Morgan fingerprint density at radius 1 is 1.42 bits per heavy atom. The molecule has 2 atom stereocenters. The first kappa shape index (κ1) is 18.0. The second-order valence-electron chi connectivity index (χ2n) is 6.62. The number of hydrogen-bond acceptors (Lipinski definition) is 4. The zero-order chi connectivity index (χ0) is 17.9. The molecule has 2 aromatic rings. The first-order valence-corrected chi connectivity index (χ1v) is 7.94. The molecule has 2 amide bonds. The van der Waals surface area contributed by atoms with E-state index in [-0.39, 0.29) is 24.5 Å². The number of hydrogen-bond donors (Lipinski definition) is 3. The molecule has 132 valence electrons. The molecule has 2 heterocycles. The molecule has 0 bridgehead atoms. The number of nitrogens with zero attached hydrogens (tertiary/aromatic N) is 4. The molecule has 8 heteroatoms. The van der Waals surface area contributed by atoms with Crippen molar-refractivity contribution in [3.8, 4) is 0 Å². The average molecular weight is 334 g/mol. The minimum absolute atomic E-state index is 0.0793. The van der Waals surface area contributed by atoms with E-state index >= 15 is 0 Å². The van der Waals surface area contributed by atoms with Crippen LogP contribution in [0.1, 0.15) is 38.2 Å². The summed E-state index contributed by atoms with van der Waals surface area (Å²) in [5, 5.41) is 20.2. The van der Waals surface area contributed by atoms with Crippen LogP contribution in [-0.4, -0.2) is 37.0 Å². The molecule has 0 aliphatic heterocycles. The van der Waals surface area contributed by atoms with E-state index in [2.05, 4.69) is 20.7 Å². The molecule has 0 saturated heterocycles. The number of urea groups is 1. The van der Waals surface area contributed by atoms with Gasteiger partial charge in [0.05, 0.1) is 18.8 Å². The van der Waals surface area contributed by atoms with Gasteiger partial charge in [0, 0.05) is 38.2 Å². The lowest BCUT2D eigenvalue weighted by Gasteiger charge is -2.25. The van der Waals surface area contributed by atoms with Crippen LogP contribution in [0.4, 0.5) is 4.79 Å². The van der Waals surface area contributed by atoms with E-state index in [1.807, 2.05) is 31.7 Å². The molecule has 0 aliphatic rings. The van der Waals surface area contributed by atoms with Gasteiger partial charge in [-0.3, -0.25) is 4.68 Å². The summed E-state index contributed by atoms with van der Waals surface area (Å²) in [6.45, 7) is 5.76. The highest BCUT2D eigenvalue weighted by molar-refractivity contribution is 5.74. The van der Waals surface area contributed by atoms with Crippen molar-refractivity contribution < 1.29 is 9.90 Å². The molecule has 0 aromatic carbocycles. The van der Waals surface area contributed by atoms with Crippen LogP contribution in [0.2, 0.25) is 0 Å². The van der Waals surface area contributed by atoms with E-state index < -0.39 is 5.60 Å². The predicted molar refractivity (Wildman–Crippen MR) is 90.1 cm³/mol. The second-order valence-corrected chi connectivity index (χ2v) is 6.62. The van der Waals surface area contributed by atoms with E-state index in [0.717, 1.165) is 5.82 Å². The molecule has 24 heavy (non-hydrogen) atoms. The van der Waals surface area contributed by atoms with Crippen molar-refractivity contribution in [3.63, 3.8) is 0 Å². The number of amides is 2. The van der Waals surface area contributed by atoms with E-state index in [1.54, 1.807) is 37.2 Å². The summed E-state index contributed by atoms with van der Waals surface area (Å²) in [7, 11) is 3.67. The maximum absolute atomic E-state index is 12.3. The minimum Gasteiger partial charge on any atom is -0.383 e. The molecule has 3 N–H and O–H groups in total. The van der Waals surface area contributed by atoms with Crippen LogP contribution in [0, 0.1) is 5.92 Å². The lowest BCUT2D eigenvalue weighted by atomic mass is 10.00. The quantitative estimate of drug-likeness (QED) is 0.736. The van der Waals surface area contributed by atoms with Gasteiger partial charge in [-0.25, -0.2) is 9.78 Å². The van der Waals surface area contributed by atoms with Crippen LogP contribution in [0.15, 0.2) is 24.8 Å². The highest BCUT2D eigenvalue weighted by Crippen LogP contribution is 2.20. The SMILES string of the molecule is CC(C)[C@@H](NC(=O)NC[C@](C)(O)c1cnn(C)c1)c1nccn1C. The molecular formula is C16H26N6O2. The van der Waals surface area contributed by atoms with Gasteiger partial charge >= 0.3 is 6.03 Å². The number of aromatic nitrogens is 4. The Balaban J connectivity index is 1.98. The first-order chi connectivity index (χ1) is 11.2. The molecule has 0 spiro atoms. The van der Waals surface area contributed by atoms with Crippen LogP contribution in [0.3, 0.4) is 0 Å². The Morgan fingerprint density at radius 2 is 2.12 bits per heavy atom. The Bertz CT molecular complexity index is 688. The number of aryl methyl sites for hydroxylation is 2. The Hall–Kier alpha value is -2.35. The minimum atomic E-state index is -1.19. The number of carbonyl (C=O) groups is 1. The Kier molecular flexibility index (Phi) is 5.28. The summed E-state index contributed by atoms with van der Waals surface area (Å²) in [5.41, 5.74) is -0.544. The first-order valence-electron chi connectivity index (χ1n) is 7.94. The van der Waals surface area contributed by atoms with Crippen LogP contribution in [0.25, 0.3) is 0 Å². The van der Waals surface area contributed by atoms with Gasteiger partial charge in [0.25, 0.3) is 0 Å². The lowest BCUT2D eigenvalue weighted by Crippen LogP contribution is -2.45. The van der Waals surface area contributed by atoms with Gasteiger partial charge in [0.15, 0.2) is 0 Å².